The van der Waals surface area contributed by atoms with E-state index in [1.54, 1.807) is 43.3 Å². The smallest absolute Gasteiger partial charge is 0.300 e. The summed E-state index contributed by atoms with van der Waals surface area (Å²) in [5, 5.41) is 28.3. The Kier molecular flexibility index (Phi) is 6.30. The molecule has 1 heterocycles. The van der Waals surface area contributed by atoms with Crippen molar-refractivity contribution >= 4 is 22.9 Å². The number of nitrogens with zero attached hydrogens (tertiary/aromatic N) is 4. The fraction of sp³-hybridized carbons (Fsp3) is 0.231. The Morgan fingerprint density at radius 1 is 0.971 bits per heavy atom. The first-order chi connectivity index (χ1) is 16.8. The molecule has 0 bridgehead atoms. The van der Waals surface area contributed by atoms with Crippen LogP contribution in [0.1, 0.15) is 68.3 Å². The molecule has 2 N–H and O–H groups in total. The summed E-state index contributed by atoms with van der Waals surface area (Å²) in [7, 11) is 0. The zero-order chi connectivity index (χ0) is 25.3. The van der Waals surface area contributed by atoms with Crippen LogP contribution in [0.5, 0.6) is 5.88 Å². The standard InChI is InChI=1S/C26H23N5O4/c1-4-5-12-28-31-25(34)19(13-27)15(3)22(26(31)35)30-29-21-14(2)10-11-18-20(21)24(33)17-9-7-6-8-16(17)23(18)32/h6-11,28,34H,4-5,12H2,1-3H3. The summed E-state index contributed by atoms with van der Waals surface area (Å²) in [6.07, 6.45) is 1.60. The van der Waals surface area contributed by atoms with E-state index >= 15 is 0 Å². The largest absolute Gasteiger partial charge is 0.492 e. The lowest BCUT2D eigenvalue weighted by Crippen LogP contribution is -2.30. The number of aromatic nitrogens is 1. The van der Waals surface area contributed by atoms with Gasteiger partial charge in [0.15, 0.2) is 17.3 Å². The third-order valence-electron chi connectivity index (χ3n) is 6.00. The molecule has 1 aliphatic rings. The van der Waals surface area contributed by atoms with Gasteiger partial charge in [-0.1, -0.05) is 43.7 Å². The molecule has 0 atom stereocenters. The second kappa shape index (κ2) is 9.35. The van der Waals surface area contributed by atoms with Crippen LogP contribution in [0.15, 0.2) is 51.4 Å². The number of fused-ring (bicyclic) bond motifs is 2. The molecule has 0 aliphatic heterocycles. The van der Waals surface area contributed by atoms with Gasteiger partial charge >= 0.3 is 0 Å². The maximum atomic E-state index is 13.3. The maximum absolute atomic E-state index is 13.3. The second-order valence-electron chi connectivity index (χ2n) is 8.24. The summed E-state index contributed by atoms with van der Waals surface area (Å²) < 4.78 is 0.883. The van der Waals surface area contributed by atoms with Crippen molar-refractivity contribution in [3.05, 3.63) is 85.7 Å². The van der Waals surface area contributed by atoms with Gasteiger partial charge in [-0.25, -0.2) is 0 Å². The Balaban J connectivity index is 1.87. The fourth-order valence-corrected chi connectivity index (χ4v) is 4.03. The van der Waals surface area contributed by atoms with E-state index < -0.39 is 11.4 Å². The van der Waals surface area contributed by atoms with Crippen molar-refractivity contribution in [2.24, 2.45) is 10.2 Å². The monoisotopic (exact) mass is 469 g/mol. The molecular formula is C26H23N5O4. The van der Waals surface area contributed by atoms with Crippen molar-refractivity contribution in [2.45, 2.75) is 33.6 Å². The summed E-state index contributed by atoms with van der Waals surface area (Å²) >= 11 is 0. The summed E-state index contributed by atoms with van der Waals surface area (Å²) in [5.41, 5.74) is 3.71. The lowest BCUT2D eigenvalue weighted by molar-refractivity contribution is 0.0979. The van der Waals surface area contributed by atoms with Crippen LogP contribution in [-0.2, 0) is 0 Å². The van der Waals surface area contributed by atoms with E-state index in [0.717, 1.165) is 17.5 Å². The first-order valence-electron chi connectivity index (χ1n) is 11.2. The molecule has 0 saturated carbocycles. The number of benzene rings is 2. The Hall–Kier alpha value is -4.58. The van der Waals surface area contributed by atoms with E-state index in [2.05, 4.69) is 15.7 Å². The van der Waals surface area contributed by atoms with Crippen LogP contribution in [0, 0.1) is 25.2 Å². The van der Waals surface area contributed by atoms with Gasteiger partial charge in [0.2, 0.25) is 5.88 Å². The molecule has 9 nitrogen and oxygen atoms in total. The number of carbonyl (C=O) groups excluding carboxylic acids is 2. The molecule has 2 aromatic carbocycles. The minimum absolute atomic E-state index is 0.116. The molecule has 1 aromatic heterocycles. The van der Waals surface area contributed by atoms with E-state index in [1.165, 1.54) is 6.92 Å². The first-order valence-corrected chi connectivity index (χ1v) is 11.2. The average molecular weight is 470 g/mol. The Morgan fingerprint density at radius 3 is 2.29 bits per heavy atom. The van der Waals surface area contributed by atoms with E-state index in [4.69, 9.17) is 0 Å². The van der Waals surface area contributed by atoms with Crippen LogP contribution in [0.4, 0.5) is 11.4 Å². The lowest BCUT2D eigenvalue weighted by atomic mass is 9.82. The number of pyridine rings is 1. The highest BCUT2D eigenvalue weighted by atomic mass is 16.3. The lowest BCUT2D eigenvalue weighted by Gasteiger charge is -2.19. The van der Waals surface area contributed by atoms with Crippen LogP contribution in [0.2, 0.25) is 0 Å². The number of carbonyl (C=O) groups is 2. The Labute approximate surface area is 201 Å². The Bertz CT molecular complexity index is 1510. The van der Waals surface area contributed by atoms with Gasteiger partial charge in [-0.15, -0.1) is 10.2 Å². The van der Waals surface area contributed by atoms with Crippen LogP contribution in [0.25, 0.3) is 0 Å². The van der Waals surface area contributed by atoms with Crippen molar-refractivity contribution < 1.29 is 14.7 Å². The number of ketones is 2. The quantitative estimate of drug-likeness (QED) is 0.313. The van der Waals surface area contributed by atoms with Crippen molar-refractivity contribution in [3.63, 3.8) is 0 Å². The minimum atomic E-state index is -0.686. The number of nitriles is 1. The molecule has 0 unspecified atom stereocenters. The highest BCUT2D eigenvalue weighted by Crippen LogP contribution is 2.36. The zero-order valence-electron chi connectivity index (χ0n) is 19.5. The van der Waals surface area contributed by atoms with Gasteiger partial charge in [0.25, 0.3) is 5.56 Å². The Morgan fingerprint density at radius 2 is 1.63 bits per heavy atom. The molecule has 9 heteroatoms. The van der Waals surface area contributed by atoms with Crippen molar-refractivity contribution in [2.75, 3.05) is 12.0 Å². The maximum Gasteiger partial charge on any atom is 0.300 e. The third-order valence-corrected chi connectivity index (χ3v) is 6.00. The summed E-state index contributed by atoms with van der Waals surface area (Å²) in [6, 6.07) is 11.7. The normalized spacial score (nSPS) is 12.4. The topological polar surface area (TPSA) is 137 Å². The highest BCUT2D eigenvalue weighted by molar-refractivity contribution is 6.30. The molecule has 4 rings (SSSR count). The van der Waals surface area contributed by atoms with Gasteiger partial charge in [-0.2, -0.15) is 9.94 Å². The number of aromatic hydroxyl groups is 1. The van der Waals surface area contributed by atoms with Gasteiger partial charge in [0, 0.05) is 28.8 Å². The zero-order valence-corrected chi connectivity index (χ0v) is 19.5. The number of rotatable bonds is 6. The van der Waals surface area contributed by atoms with Crippen molar-refractivity contribution in [1.82, 2.24) is 4.68 Å². The highest BCUT2D eigenvalue weighted by Gasteiger charge is 2.32. The van der Waals surface area contributed by atoms with Gasteiger partial charge in [0.1, 0.15) is 17.3 Å². The van der Waals surface area contributed by atoms with E-state index in [-0.39, 0.29) is 50.8 Å². The molecule has 3 aromatic rings. The molecule has 0 amide bonds. The number of aryl methyl sites for hydroxylation is 1. The summed E-state index contributed by atoms with van der Waals surface area (Å²) in [6.45, 7) is 5.59. The van der Waals surface area contributed by atoms with E-state index in [9.17, 15) is 24.8 Å². The van der Waals surface area contributed by atoms with Gasteiger partial charge in [-0.3, -0.25) is 14.4 Å². The molecule has 0 radical (unpaired) electrons. The number of nitrogens with one attached hydrogen (secondary N) is 1. The van der Waals surface area contributed by atoms with Crippen LogP contribution < -0.4 is 11.0 Å². The third kappa shape index (κ3) is 3.89. The molecule has 0 spiro atoms. The molecular weight excluding hydrogens is 446 g/mol. The van der Waals surface area contributed by atoms with E-state index in [1.807, 2.05) is 13.0 Å². The number of hydrogen-bond donors (Lipinski definition) is 2. The van der Waals surface area contributed by atoms with Crippen LogP contribution in [0.3, 0.4) is 0 Å². The van der Waals surface area contributed by atoms with Crippen LogP contribution >= 0.6 is 0 Å². The van der Waals surface area contributed by atoms with Crippen molar-refractivity contribution in [3.8, 4) is 11.9 Å². The predicted molar refractivity (Wildman–Crippen MR) is 130 cm³/mol. The molecule has 0 saturated heterocycles. The van der Waals surface area contributed by atoms with Gasteiger partial charge < -0.3 is 10.5 Å². The predicted octanol–water partition coefficient (Wildman–Crippen LogP) is 4.58. The fourth-order valence-electron chi connectivity index (χ4n) is 4.03. The molecule has 0 fully saturated rings. The SMILES string of the molecule is CCCCNn1c(O)c(C#N)c(C)c(N=Nc2c(C)ccc3c2C(=O)c2ccccc2C3=O)c1=O. The van der Waals surface area contributed by atoms with Crippen molar-refractivity contribution in [1.29, 1.82) is 5.26 Å². The number of unbranched alkanes of at least 4 members (excludes halogenated alkanes) is 1. The minimum Gasteiger partial charge on any atom is -0.492 e. The first kappa shape index (κ1) is 23.6. The second-order valence-corrected chi connectivity index (χ2v) is 8.24. The average Bonchev–Trinajstić information content (AvgIpc) is 2.85. The molecule has 35 heavy (non-hydrogen) atoms. The summed E-state index contributed by atoms with van der Waals surface area (Å²) in [5.74, 6) is -1.15. The molecule has 1 aliphatic carbocycles. The molecule has 176 valence electrons. The van der Waals surface area contributed by atoms with Crippen LogP contribution in [-0.4, -0.2) is 27.9 Å². The number of azo groups is 1. The summed E-state index contributed by atoms with van der Waals surface area (Å²) in [4.78, 5) is 39.5. The van der Waals surface area contributed by atoms with E-state index in [0.29, 0.717) is 17.7 Å². The van der Waals surface area contributed by atoms with Gasteiger partial charge in [-0.05, 0) is 31.9 Å². The number of hydrogen-bond acceptors (Lipinski definition) is 8. The van der Waals surface area contributed by atoms with Gasteiger partial charge in [0.05, 0.1) is 5.56 Å².